The summed E-state index contributed by atoms with van der Waals surface area (Å²) in [4.78, 5) is 24.8. The molecule has 0 spiro atoms. The molecule has 1 unspecified atom stereocenters. The molecule has 2 fully saturated rings. The van der Waals surface area contributed by atoms with Crippen LogP contribution in [0.25, 0.3) is 0 Å². The van der Waals surface area contributed by atoms with Gasteiger partial charge in [-0.1, -0.05) is 25.3 Å². The maximum absolute atomic E-state index is 12.4. The molecular weight excluding hydrogens is 418 g/mol. The smallest absolute Gasteiger partial charge is 0.251 e. The molecule has 33 heavy (non-hydrogen) atoms. The van der Waals surface area contributed by atoms with Crippen molar-refractivity contribution in [3.8, 4) is 5.75 Å². The second-order valence-electron chi connectivity index (χ2n) is 8.76. The van der Waals surface area contributed by atoms with Gasteiger partial charge in [-0.05, 0) is 62.1 Å². The van der Waals surface area contributed by atoms with E-state index in [1.807, 2.05) is 36.4 Å². The van der Waals surface area contributed by atoms with Gasteiger partial charge in [0.05, 0.1) is 12.6 Å². The first-order valence-electron chi connectivity index (χ1n) is 11.9. The number of hydrogen-bond acceptors (Lipinski definition) is 5. The third-order valence-corrected chi connectivity index (χ3v) is 6.12. The van der Waals surface area contributed by atoms with Crippen LogP contribution in [0.1, 0.15) is 55.3 Å². The zero-order valence-electron chi connectivity index (χ0n) is 19.0. The van der Waals surface area contributed by atoms with E-state index in [9.17, 15) is 9.59 Å². The first-order chi connectivity index (χ1) is 16.2. The van der Waals surface area contributed by atoms with E-state index in [2.05, 4.69) is 16.0 Å². The summed E-state index contributed by atoms with van der Waals surface area (Å²) >= 11 is 0. The van der Waals surface area contributed by atoms with Gasteiger partial charge < -0.3 is 25.4 Å². The van der Waals surface area contributed by atoms with Crippen LogP contribution in [0.2, 0.25) is 0 Å². The van der Waals surface area contributed by atoms with Gasteiger partial charge in [0.1, 0.15) is 12.4 Å². The third kappa shape index (κ3) is 7.22. The van der Waals surface area contributed by atoms with Crippen molar-refractivity contribution < 1.29 is 19.1 Å². The van der Waals surface area contributed by atoms with Gasteiger partial charge in [0.25, 0.3) is 5.91 Å². The largest absolute Gasteiger partial charge is 0.491 e. The summed E-state index contributed by atoms with van der Waals surface area (Å²) < 4.78 is 11.4. The van der Waals surface area contributed by atoms with Gasteiger partial charge in [-0.2, -0.15) is 0 Å². The van der Waals surface area contributed by atoms with Crippen molar-refractivity contribution in [1.82, 2.24) is 5.32 Å². The number of ether oxygens (including phenoxy) is 2. The Balaban J connectivity index is 1.20. The molecule has 0 radical (unpaired) electrons. The summed E-state index contributed by atoms with van der Waals surface area (Å²) in [5, 5.41) is 9.10. The lowest BCUT2D eigenvalue weighted by atomic mass is 9.95. The van der Waals surface area contributed by atoms with E-state index in [1.54, 1.807) is 12.1 Å². The Bertz CT molecular complexity index is 919. The molecule has 2 aromatic carbocycles. The van der Waals surface area contributed by atoms with Crippen LogP contribution in [-0.4, -0.2) is 43.7 Å². The highest BCUT2D eigenvalue weighted by Gasteiger charge is 2.17. The van der Waals surface area contributed by atoms with Crippen molar-refractivity contribution in [2.24, 2.45) is 0 Å². The van der Waals surface area contributed by atoms with Crippen molar-refractivity contribution in [2.45, 2.75) is 57.1 Å². The summed E-state index contributed by atoms with van der Waals surface area (Å²) in [5.41, 5.74) is 2.10. The van der Waals surface area contributed by atoms with E-state index in [0.717, 1.165) is 38.0 Å². The third-order valence-electron chi connectivity index (χ3n) is 6.12. The lowest BCUT2D eigenvalue weighted by molar-refractivity contribution is -0.114. The Morgan fingerprint density at radius 1 is 0.939 bits per heavy atom. The fourth-order valence-corrected chi connectivity index (χ4v) is 4.27. The minimum Gasteiger partial charge on any atom is -0.491 e. The van der Waals surface area contributed by atoms with Gasteiger partial charge >= 0.3 is 0 Å². The van der Waals surface area contributed by atoms with Gasteiger partial charge in [0.2, 0.25) is 5.91 Å². The second-order valence-corrected chi connectivity index (χ2v) is 8.76. The standard InChI is InChI=1S/C26H33N3O4/c30-25(28-22-8-4-9-23(16-22)33-18-24-10-5-15-32-24)17-27-20-13-11-19(12-14-20)26(31)29-21-6-2-1-3-7-21/h4,8-9,11-14,16,21,24,27H,1-3,5-7,10,15,17-18H2,(H,28,30)(H,29,31). The SMILES string of the molecule is O=C(CNc1ccc(C(=O)NC2CCCCC2)cc1)Nc1cccc(OCC2CCCO2)c1. The molecule has 176 valence electrons. The predicted octanol–water partition coefficient (Wildman–Crippen LogP) is 4.36. The molecule has 1 aliphatic carbocycles. The van der Waals surface area contributed by atoms with Gasteiger partial charge in [-0.3, -0.25) is 9.59 Å². The highest BCUT2D eigenvalue weighted by Crippen LogP contribution is 2.20. The Labute approximate surface area is 195 Å². The van der Waals surface area contributed by atoms with Crippen LogP contribution < -0.4 is 20.7 Å². The number of amides is 2. The quantitative estimate of drug-likeness (QED) is 0.527. The Kier molecular flexibility index (Phi) is 8.19. The maximum Gasteiger partial charge on any atom is 0.251 e. The van der Waals surface area contributed by atoms with Crippen LogP contribution in [0.15, 0.2) is 48.5 Å². The van der Waals surface area contributed by atoms with E-state index in [-0.39, 0.29) is 30.5 Å². The molecule has 0 aromatic heterocycles. The van der Waals surface area contributed by atoms with Crippen molar-refractivity contribution in [3.05, 3.63) is 54.1 Å². The molecule has 3 N–H and O–H groups in total. The van der Waals surface area contributed by atoms with Crippen LogP contribution in [0.5, 0.6) is 5.75 Å². The van der Waals surface area contributed by atoms with E-state index < -0.39 is 0 Å². The zero-order chi connectivity index (χ0) is 22.9. The zero-order valence-corrected chi connectivity index (χ0v) is 19.0. The fraction of sp³-hybridized carbons (Fsp3) is 0.462. The number of nitrogens with one attached hydrogen (secondary N) is 3. The van der Waals surface area contributed by atoms with E-state index in [1.165, 1.54) is 19.3 Å². The summed E-state index contributed by atoms with van der Waals surface area (Å²) in [7, 11) is 0. The maximum atomic E-state index is 12.4. The van der Waals surface area contributed by atoms with Gasteiger partial charge in [0, 0.05) is 35.7 Å². The topological polar surface area (TPSA) is 88.7 Å². The molecule has 2 aromatic rings. The predicted molar refractivity (Wildman–Crippen MR) is 129 cm³/mol. The molecule has 2 aliphatic rings. The number of carbonyl (C=O) groups excluding carboxylic acids is 2. The van der Waals surface area contributed by atoms with Crippen LogP contribution in [0, 0.1) is 0 Å². The summed E-state index contributed by atoms with van der Waals surface area (Å²) in [6.07, 6.45) is 7.99. The minimum absolute atomic E-state index is 0.0345. The number of hydrogen-bond donors (Lipinski definition) is 3. The van der Waals surface area contributed by atoms with E-state index in [0.29, 0.717) is 23.6 Å². The molecule has 1 saturated heterocycles. The minimum atomic E-state index is -0.162. The van der Waals surface area contributed by atoms with E-state index in [4.69, 9.17) is 9.47 Å². The van der Waals surface area contributed by atoms with Crippen LogP contribution >= 0.6 is 0 Å². The molecule has 1 atom stereocenters. The molecular formula is C26H33N3O4. The van der Waals surface area contributed by atoms with Crippen molar-refractivity contribution in [2.75, 3.05) is 30.4 Å². The van der Waals surface area contributed by atoms with Crippen molar-refractivity contribution >= 4 is 23.2 Å². The van der Waals surface area contributed by atoms with Gasteiger partial charge in [0.15, 0.2) is 0 Å². The normalized spacial score (nSPS) is 18.5. The van der Waals surface area contributed by atoms with Crippen LogP contribution in [-0.2, 0) is 9.53 Å². The molecule has 4 rings (SSSR count). The molecule has 7 nitrogen and oxygen atoms in total. The first-order valence-corrected chi connectivity index (χ1v) is 11.9. The number of benzene rings is 2. The fourth-order valence-electron chi connectivity index (χ4n) is 4.27. The second kappa shape index (κ2) is 11.7. The molecule has 2 amide bonds. The Morgan fingerprint density at radius 2 is 1.76 bits per heavy atom. The van der Waals surface area contributed by atoms with Crippen LogP contribution in [0.3, 0.4) is 0 Å². The van der Waals surface area contributed by atoms with Gasteiger partial charge in [-0.15, -0.1) is 0 Å². The van der Waals surface area contributed by atoms with Crippen molar-refractivity contribution in [3.63, 3.8) is 0 Å². The highest BCUT2D eigenvalue weighted by atomic mass is 16.5. The number of anilines is 2. The van der Waals surface area contributed by atoms with E-state index >= 15 is 0 Å². The van der Waals surface area contributed by atoms with Gasteiger partial charge in [-0.25, -0.2) is 0 Å². The Morgan fingerprint density at radius 3 is 2.52 bits per heavy atom. The molecule has 1 heterocycles. The molecule has 1 saturated carbocycles. The lowest BCUT2D eigenvalue weighted by Crippen LogP contribution is -2.36. The number of carbonyl (C=O) groups is 2. The summed E-state index contributed by atoms with van der Waals surface area (Å²) in [6.45, 7) is 1.44. The van der Waals surface area contributed by atoms with Crippen LogP contribution in [0.4, 0.5) is 11.4 Å². The average molecular weight is 452 g/mol. The summed E-state index contributed by atoms with van der Waals surface area (Å²) in [5.74, 6) is 0.511. The average Bonchev–Trinajstić information content (AvgIpc) is 3.36. The highest BCUT2D eigenvalue weighted by molar-refractivity contribution is 5.95. The monoisotopic (exact) mass is 451 g/mol. The van der Waals surface area contributed by atoms with Crippen molar-refractivity contribution in [1.29, 1.82) is 0 Å². The Hall–Kier alpha value is -3.06. The molecule has 7 heteroatoms. The molecule has 0 bridgehead atoms. The summed E-state index contributed by atoms with van der Waals surface area (Å²) in [6, 6.07) is 14.9. The first kappa shape index (κ1) is 23.1. The number of rotatable bonds is 9. The molecule has 1 aliphatic heterocycles. The lowest BCUT2D eigenvalue weighted by Gasteiger charge is -2.22.